The minimum atomic E-state index is 0.435. The summed E-state index contributed by atoms with van der Waals surface area (Å²) in [6, 6.07) is 5.71. The lowest BCUT2D eigenvalue weighted by Gasteiger charge is -2.02. The van der Waals surface area contributed by atoms with E-state index in [0.29, 0.717) is 30.5 Å². The summed E-state index contributed by atoms with van der Waals surface area (Å²) in [5.74, 6) is 1.14. The maximum Gasteiger partial charge on any atom is 0.223 e. The van der Waals surface area contributed by atoms with Crippen LogP contribution in [0.25, 0.3) is 0 Å². The Balaban J connectivity index is 1.92. The van der Waals surface area contributed by atoms with E-state index in [1.807, 2.05) is 12.1 Å². The monoisotopic (exact) mass is 229 g/mol. The van der Waals surface area contributed by atoms with Crippen LogP contribution < -0.4 is 5.32 Å². The highest BCUT2D eigenvalue weighted by molar-refractivity contribution is 5.30. The van der Waals surface area contributed by atoms with E-state index in [4.69, 9.17) is 9.78 Å². The fourth-order valence-electron chi connectivity index (χ4n) is 1.40. The minimum absolute atomic E-state index is 0.435. The Morgan fingerprint density at radius 2 is 2.35 bits per heavy atom. The van der Waals surface area contributed by atoms with E-state index < -0.39 is 0 Å². The van der Waals surface area contributed by atoms with Crippen LogP contribution in [0.4, 0.5) is 0 Å². The van der Waals surface area contributed by atoms with E-state index >= 15 is 0 Å². The number of aromatic nitrogens is 3. The van der Waals surface area contributed by atoms with Gasteiger partial charge in [0.15, 0.2) is 5.82 Å². The third-order valence-corrected chi connectivity index (χ3v) is 2.17. The summed E-state index contributed by atoms with van der Waals surface area (Å²) in [4.78, 5) is 8.04. The second kappa shape index (κ2) is 5.18. The Morgan fingerprint density at radius 3 is 3.06 bits per heavy atom. The molecule has 0 aliphatic rings. The third kappa shape index (κ3) is 2.86. The molecule has 0 bridgehead atoms. The van der Waals surface area contributed by atoms with Crippen LogP contribution in [0.5, 0.6) is 0 Å². The predicted octanol–water partition coefficient (Wildman–Crippen LogP) is 0.934. The van der Waals surface area contributed by atoms with Crippen LogP contribution in [-0.4, -0.2) is 15.1 Å². The van der Waals surface area contributed by atoms with Crippen molar-refractivity contribution in [3.8, 4) is 6.07 Å². The van der Waals surface area contributed by atoms with Gasteiger partial charge in [0.25, 0.3) is 0 Å². The molecule has 1 N–H and O–H groups in total. The Hall–Kier alpha value is -2.26. The van der Waals surface area contributed by atoms with Gasteiger partial charge in [0, 0.05) is 25.2 Å². The van der Waals surface area contributed by atoms with Gasteiger partial charge in [-0.3, -0.25) is 0 Å². The molecule has 0 radical (unpaired) electrons. The molecule has 0 unspecified atom stereocenters. The maximum absolute atomic E-state index is 8.86. The normalized spacial score (nSPS) is 10.1. The first kappa shape index (κ1) is 11.2. The van der Waals surface area contributed by atoms with Gasteiger partial charge in [-0.15, -0.1) is 0 Å². The number of nitrogens with zero attached hydrogens (tertiary/aromatic N) is 4. The molecule has 2 rings (SSSR count). The quantitative estimate of drug-likeness (QED) is 0.839. The smallest absolute Gasteiger partial charge is 0.223 e. The summed E-state index contributed by atoms with van der Waals surface area (Å²) in [6.07, 6.45) is 1.60. The van der Waals surface area contributed by atoms with Gasteiger partial charge in [0.2, 0.25) is 5.89 Å². The molecule has 6 heteroatoms. The summed E-state index contributed by atoms with van der Waals surface area (Å²) in [7, 11) is 0. The topological polar surface area (TPSA) is 87.6 Å². The minimum Gasteiger partial charge on any atom is -0.340 e. The van der Waals surface area contributed by atoms with Gasteiger partial charge in [-0.05, 0) is 6.07 Å². The Bertz CT molecular complexity index is 543. The molecule has 2 aromatic heterocycles. The Kier molecular flexibility index (Phi) is 3.43. The van der Waals surface area contributed by atoms with E-state index in [9.17, 15) is 0 Å². The first-order chi connectivity index (χ1) is 8.29. The standard InChI is InChI=1S/C11H11N5O/c1-8-15-11(16-17-8)7-13-6-9-3-2-4-14-10(9)5-12/h2-4,13H,6-7H2,1H3. The number of rotatable bonds is 4. The van der Waals surface area contributed by atoms with Crippen molar-refractivity contribution in [3.05, 3.63) is 41.3 Å². The van der Waals surface area contributed by atoms with Gasteiger partial charge >= 0.3 is 0 Å². The highest BCUT2D eigenvalue weighted by atomic mass is 16.5. The number of pyridine rings is 1. The van der Waals surface area contributed by atoms with E-state index in [0.717, 1.165) is 5.56 Å². The molecule has 0 aromatic carbocycles. The fraction of sp³-hybridized carbons (Fsp3) is 0.273. The average Bonchev–Trinajstić information content (AvgIpc) is 2.76. The molecule has 0 fully saturated rings. The van der Waals surface area contributed by atoms with Crippen molar-refractivity contribution < 1.29 is 4.52 Å². The SMILES string of the molecule is Cc1nc(CNCc2cccnc2C#N)no1. The maximum atomic E-state index is 8.86. The molecule has 0 saturated carbocycles. The molecular formula is C11H11N5O. The molecule has 0 amide bonds. The molecular weight excluding hydrogens is 218 g/mol. The predicted molar refractivity (Wildman–Crippen MR) is 58.5 cm³/mol. The van der Waals surface area contributed by atoms with Crippen molar-refractivity contribution >= 4 is 0 Å². The number of hydrogen-bond acceptors (Lipinski definition) is 6. The average molecular weight is 229 g/mol. The number of hydrogen-bond donors (Lipinski definition) is 1. The first-order valence-corrected chi connectivity index (χ1v) is 5.13. The van der Waals surface area contributed by atoms with Crippen LogP contribution in [0.15, 0.2) is 22.9 Å². The first-order valence-electron chi connectivity index (χ1n) is 5.13. The second-order valence-corrected chi connectivity index (χ2v) is 3.46. The number of nitrogens with one attached hydrogen (secondary N) is 1. The number of nitriles is 1. The van der Waals surface area contributed by atoms with Crippen molar-refractivity contribution in [3.63, 3.8) is 0 Å². The Morgan fingerprint density at radius 1 is 1.47 bits per heavy atom. The van der Waals surface area contributed by atoms with Gasteiger partial charge in [-0.25, -0.2) is 4.98 Å². The molecule has 0 saturated heterocycles. The van der Waals surface area contributed by atoms with Gasteiger partial charge in [0.05, 0.1) is 6.54 Å². The van der Waals surface area contributed by atoms with Gasteiger partial charge in [-0.1, -0.05) is 11.2 Å². The zero-order chi connectivity index (χ0) is 12.1. The lowest BCUT2D eigenvalue weighted by molar-refractivity contribution is 0.385. The van der Waals surface area contributed by atoms with Crippen molar-refractivity contribution in [1.82, 2.24) is 20.4 Å². The largest absolute Gasteiger partial charge is 0.340 e. The fourth-order valence-corrected chi connectivity index (χ4v) is 1.40. The van der Waals surface area contributed by atoms with Crippen LogP contribution in [0.3, 0.4) is 0 Å². The van der Waals surface area contributed by atoms with Gasteiger partial charge in [-0.2, -0.15) is 10.2 Å². The van der Waals surface area contributed by atoms with E-state index in [1.165, 1.54) is 0 Å². The van der Waals surface area contributed by atoms with Crippen molar-refractivity contribution in [2.75, 3.05) is 0 Å². The summed E-state index contributed by atoms with van der Waals surface area (Å²) in [6.45, 7) is 2.78. The molecule has 17 heavy (non-hydrogen) atoms. The van der Waals surface area contributed by atoms with E-state index in [1.54, 1.807) is 19.2 Å². The molecule has 0 aliphatic carbocycles. The molecule has 86 valence electrons. The summed E-state index contributed by atoms with van der Waals surface area (Å²) < 4.78 is 4.85. The highest BCUT2D eigenvalue weighted by Crippen LogP contribution is 2.03. The summed E-state index contributed by atoms with van der Waals surface area (Å²) >= 11 is 0. The van der Waals surface area contributed by atoms with Gasteiger partial charge in [0.1, 0.15) is 11.8 Å². The molecule has 6 nitrogen and oxygen atoms in total. The van der Waals surface area contributed by atoms with E-state index in [-0.39, 0.29) is 0 Å². The summed E-state index contributed by atoms with van der Waals surface area (Å²) in [5, 5.41) is 15.7. The van der Waals surface area contributed by atoms with E-state index in [2.05, 4.69) is 20.4 Å². The molecule has 0 atom stereocenters. The van der Waals surface area contributed by atoms with Crippen molar-refractivity contribution in [2.24, 2.45) is 0 Å². The highest BCUT2D eigenvalue weighted by Gasteiger charge is 2.04. The zero-order valence-electron chi connectivity index (χ0n) is 9.34. The van der Waals surface area contributed by atoms with Crippen LogP contribution in [0, 0.1) is 18.3 Å². The van der Waals surface area contributed by atoms with Crippen LogP contribution >= 0.6 is 0 Å². The van der Waals surface area contributed by atoms with Crippen molar-refractivity contribution in [1.29, 1.82) is 5.26 Å². The number of aryl methyl sites for hydroxylation is 1. The third-order valence-electron chi connectivity index (χ3n) is 2.17. The lowest BCUT2D eigenvalue weighted by Crippen LogP contribution is -2.14. The van der Waals surface area contributed by atoms with Gasteiger partial charge < -0.3 is 9.84 Å². The summed E-state index contributed by atoms with van der Waals surface area (Å²) in [5.41, 5.74) is 1.29. The van der Waals surface area contributed by atoms with Crippen LogP contribution in [-0.2, 0) is 13.1 Å². The Labute approximate surface area is 98.3 Å². The van der Waals surface area contributed by atoms with Crippen LogP contribution in [0.2, 0.25) is 0 Å². The second-order valence-electron chi connectivity index (χ2n) is 3.46. The van der Waals surface area contributed by atoms with Crippen molar-refractivity contribution in [2.45, 2.75) is 20.0 Å². The lowest BCUT2D eigenvalue weighted by atomic mass is 10.2. The molecule has 2 heterocycles. The molecule has 2 aromatic rings. The van der Waals surface area contributed by atoms with Crippen LogP contribution in [0.1, 0.15) is 23.0 Å². The zero-order valence-corrected chi connectivity index (χ0v) is 9.34. The molecule has 0 aliphatic heterocycles. The molecule has 0 spiro atoms.